The van der Waals surface area contributed by atoms with Gasteiger partial charge in [0.15, 0.2) is 0 Å². The zero-order valence-corrected chi connectivity index (χ0v) is 5.46. The summed E-state index contributed by atoms with van der Waals surface area (Å²) in [7, 11) is 0. The number of rotatable bonds is 1. The summed E-state index contributed by atoms with van der Waals surface area (Å²) in [6, 6.07) is -0.950. The number of carbonyl (C=O) groups excluding carboxylic acids is 2. The molecule has 0 radical (unpaired) electrons. The molecule has 0 spiro atoms. The van der Waals surface area contributed by atoms with Crippen LogP contribution in [0.25, 0.3) is 5.53 Å². The molecular weight excluding hydrogens is 132 g/mol. The van der Waals surface area contributed by atoms with Crippen LogP contribution in [-0.2, 0) is 9.59 Å². The second kappa shape index (κ2) is 2.68. The molecule has 1 aliphatic rings. The zero-order valence-electron chi connectivity index (χ0n) is 5.46. The van der Waals surface area contributed by atoms with Gasteiger partial charge in [-0.3, -0.25) is 9.59 Å². The predicted molar refractivity (Wildman–Crippen MR) is 32.0 cm³/mol. The van der Waals surface area contributed by atoms with Gasteiger partial charge < -0.3 is 10.6 Å². The highest BCUT2D eigenvalue weighted by Crippen LogP contribution is 2.07. The third-order valence-corrected chi connectivity index (χ3v) is 1.62. The molecule has 1 N–H and O–H groups in total. The lowest BCUT2D eigenvalue weighted by molar-refractivity contribution is -0.495. The van der Waals surface area contributed by atoms with E-state index >= 15 is 0 Å². The number of ketones is 2. The van der Waals surface area contributed by atoms with Crippen molar-refractivity contribution in [2.24, 2.45) is 0 Å². The summed E-state index contributed by atoms with van der Waals surface area (Å²) in [6.07, 6.45) is 1.41. The number of Topliss-reactive ketones (excluding diaryl/α,β-unsaturated/α-hetero) is 2. The summed E-state index contributed by atoms with van der Waals surface area (Å²) in [5.41, 5.74) is 8.34. The molecule has 1 saturated carbocycles. The average molecular weight is 140 g/mol. The lowest BCUT2D eigenvalue weighted by atomic mass is 9.94. The van der Waals surface area contributed by atoms with Crippen molar-refractivity contribution in [1.82, 2.24) is 0 Å². The third-order valence-electron chi connectivity index (χ3n) is 1.62. The summed E-state index contributed by atoms with van der Waals surface area (Å²) in [6.45, 7) is 0. The fourth-order valence-electron chi connectivity index (χ4n) is 1.05. The molecule has 54 valence electrons. The Bertz CT molecular complexity index is 172. The van der Waals surface area contributed by atoms with Crippen LogP contribution in [0.5, 0.6) is 0 Å². The molecule has 1 rings (SSSR count). The fraction of sp³-hybridized carbons (Fsp3) is 0.667. The lowest BCUT2D eigenvalue weighted by Gasteiger charge is -2.11. The molecule has 0 atom stereocenters. The molecule has 10 heavy (non-hydrogen) atoms. The van der Waals surface area contributed by atoms with Gasteiger partial charge in [-0.25, -0.2) is 0 Å². The van der Waals surface area contributed by atoms with Crippen molar-refractivity contribution < 1.29 is 14.7 Å². The maximum Gasteiger partial charge on any atom is 0.257 e. The number of carbonyl (C=O) groups is 2. The largest absolute Gasteiger partial charge is 0.508 e. The maximum absolute atomic E-state index is 10.8. The van der Waals surface area contributed by atoms with Crippen molar-refractivity contribution in [2.45, 2.75) is 25.3 Å². The molecule has 4 nitrogen and oxygen atoms in total. The van der Waals surface area contributed by atoms with E-state index in [2.05, 4.69) is 0 Å². The molecule has 0 bridgehead atoms. The van der Waals surface area contributed by atoms with E-state index in [0.29, 0.717) is 19.3 Å². The Balaban J connectivity index is 2.71. The maximum atomic E-state index is 10.8. The van der Waals surface area contributed by atoms with E-state index in [1.807, 2.05) is 0 Å². The number of nitrogens with zero attached hydrogens (tertiary/aromatic N) is 1. The Hall–Kier alpha value is -1.06. The Morgan fingerprint density at radius 2 is 1.80 bits per heavy atom. The first-order chi connectivity index (χ1) is 4.75. The van der Waals surface area contributed by atoms with Gasteiger partial charge in [0.2, 0.25) is 11.6 Å². The Morgan fingerprint density at radius 3 is 2.10 bits per heavy atom. The van der Waals surface area contributed by atoms with Crippen molar-refractivity contribution >= 4 is 11.6 Å². The molecule has 1 fully saturated rings. The molecule has 0 aromatic heterocycles. The van der Waals surface area contributed by atoms with Gasteiger partial charge in [0, 0.05) is 12.8 Å². The van der Waals surface area contributed by atoms with E-state index in [4.69, 9.17) is 5.53 Å². The molecule has 0 amide bonds. The zero-order chi connectivity index (χ0) is 7.56. The van der Waals surface area contributed by atoms with Gasteiger partial charge in [0.05, 0.1) is 0 Å². The van der Waals surface area contributed by atoms with E-state index < -0.39 is 6.04 Å². The second-order valence-electron chi connectivity index (χ2n) is 2.35. The van der Waals surface area contributed by atoms with Crippen LogP contribution in [-0.4, -0.2) is 17.6 Å². The molecular formula is C6H8N2O2. The normalized spacial score (nSPS) is 21.2. The van der Waals surface area contributed by atoms with Gasteiger partial charge >= 0.3 is 0 Å². The van der Waals surface area contributed by atoms with Crippen molar-refractivity contribution in [3.8, 4) is 0 Å². The summed E-state index contributed by atoms with van der Waals surface area (Å²) in [5, 5.41) is 1.70. The van der Waals surface area contributed by atoms with Crippen LogP contribution >= 0.6 is 0 Å². The van der Waals surface area contributed by atoms with Gasteiger partial charge in [0.25, 0.3) is 6.04 Å². The Morgan fingerprint density at radius 1 is 1.30 bits per heavy atom. The summed E-state index contributed by atoms with van der Waals surface area (Å²) < 4.78 is 0. The molecule has 4 heteroatoms. The summed E-state index contributed by atoms with van der Waals surface area (Å²) in [5.74, 6) is -0.419. The van der Waals surface area contributed by atoms with Gasteiger partial charge in [-0.2, -0.15) is 0 Å². The topological polar surface area (TPSA) is 70.4 Å². The van der Waals surface area contributed by atoms with E-state index in [9.17, 15) is 9.59 Å². The van der Waals surface area contributed by atoms with Gasteiger partial charge in [-0.1, -0.05) is 0 Å². The van der Waals surface area contributed by atoms with Crippen LogP contribution in [0.2, 0.25) is 0 Å². The van der Waals surface area contributed by atoms with E-state index in [1.54, 1.807) is 5.11 Å². The first-order valence-electron chi connectivity index (χ1n) is 3.20. The monoisotopic (exact) mass is 140 g/mol. The average Bonchev–Trinajstić information content (AvgIpc) is 1.88. The molecule has 0 saturated heterocycles. The minimum Gasteiger partial charge on any atom is -0.508 e. The van der Waals surface area contributed by atoms with Crippen molar-refractivity contribution in [2.75, 3.05) is 0 Å². The number of hydrogen-bond donors (Lipinski definition) is 1. The van der Waals surface area contributed by atoms with Gasteiger partial charge in [-0.15, -0.1) is 0 Å². The van der Waals surface area contributed by atoms with Crippen LogP contribution in [0.4, 0.5) is 0 Å². The molecule has 0 aliphatic heterocycles. The molecule has 0 heterocycles. The molecule has 0 aromatic carbocycles. The summed E-state index contributed by atoms with van der Waals surface area (Å²) in [4.78, 5) is 21.6. The van der Waals surface area contributed by atoms with Gasteiger partial charge in [0.1, 0.15) is 0 Å². The lowest BCUT2D eigenvalue weighted by Crippen LogP contribution is -2.78. The third kappa shape index (κ3) is 1.10. The van der Waals surface area contributed by atoms with Crippen LogP contribution in [0.15, 0.2) is 0 Å². The standard InChI is InChI=1S/C6H8N2O2/c7-8-6-4(9)2-1-3-5(6)10/h6,8H,1-3H2. The van der Waals surface area contributed by atoms with E-state index in [1.165, 1.54) is 0 Å². The molecule has 1 aliphatic carbocycles. The highest BCUT2D eigenvalue weighted by Gasteiger charge is 2.31. The highest BCUT2D eigenvalue weighted by molar-refractivity contribution is 6.06. The first-order valence-corrected chi connectivity index (χ1v) is 3.20. The minimum absolute atomic E-state index is 0.209. The quantitative estimate of drug-likeness (QED) is 0.366. The minimum atomic E-state index is -0.950. The SMILES string of the molecule is [N-]=[NH+]C1C(=O)CCCC1=O. The van der Waals surface area contributed by atoms with Crippen molar-refractivity contribution in [1.29, 1.82) is 0 Å². The molecule has 0 unspecified atom stereocenters. The van der Waals surface area contributed by atoms with Crippen LogP contribution in [0.1, 0.15) is 19.3 Å². The number of nitrogens with one attached hydrogen (secondary N) is 1. The Labute approximate surface area is 58.1 Å². The Kier molecular flexibility index (Phi) is 1.89. The fourth-order valence-corrected chi connectivity index (χ4v) is 1.05. The summed E-state index contributed by atoms with van der Waals surface area (Å²) >= 11 is 0. The second-order valence-corrected chi connectivity index (χ2v) is 2.35. The van der Waals surface area contributed by atoms with Gasteiger partial charge in [-0.05, 0) is 6.42 Å². The van der Waals surface area contributed by atoms with Crippen molar-refractivity contribution in [3.63, 3.8) is 0 Å². The van der Waals surface area contributed by atoms with Crippen molar-refractivity contribution in [3.05, 3.63) is 5.53 Å². The van der Waals surface area contributed by atoms with Crippen LogP contribution in [0, 0.1) is 0 Å². The number of hydrogen-bond acceptors (Lipinski definition) is 2. The highest BCUT2D eigenvalue weighted by atomic mass is 16.2. The van der Waals surface area contributed by atoms with E-state index in [-0.39, 0.29) is 11.6 Å². The predicted octanol–water partition coefficient (Wildman–Crippen LogP) is -1.22. The van der Waals surface area contributed by atoms with E-state index in [0.717, 1.165) is 0 Å². The first kappa shape index (κ1) is 7.05. The smallest absolute Gasteiger partial charge is 0.257 e. The van der Waals surface area contributed by atoms with Crippen LogP contribution < -0.4 is 5.11 Å². The van der Waals surface area contributed by atoms with Crippen LogP contribution in [0.3, 0.4) is 0 Å². The molecule has 0 aromatic rings.